The van der Waals surface area contributed by atoms with E-state index in [1.807, 2.05) is 75.4 Å². The van der Waals surface area contributed by atoms with Crippen LogP contribution in [0.3, 0.4) is 0 Å². The van der Waals surface area contributed by atoms with Crippen molar-refractivity contribution in [1.82, 2.24) is 14.8 Å². The van der Waals surface area contributed by atoms with Crippen molar-refractivity contribution < 1.29 is 28.7 Å². The Balaban J connectivity index is 1.17. The van der Waals surface area contributed by atoms with E-state index in [1.165, 1.54) is 4.90 Å². The molecule has 1 spiro atoms. The minimum absolute atomic E-state index is 0.0596. The topological polar surface area (TPSA) is 130 Å². The SMILES string of the molecule is CN(Cc1ccccc1CN(CC(=O)Nc1ccc2c(c1)CC1(C2)C(=O)Nc2ncccc21)C(=O)C1CCOC1)C(=O)OC(C)(C)C. The molecule has 3 heterocycles. The summed E-state index contributed by atoms with van der Waals surface area (Å²) in [7, 11) is 1.67. The number of rotatable bonds is 8. The predicted octanol–water partition coefficient (Wildman–Crippen LogP) is 4.44. The molecule has 11 nitrogen and oxygen atoms in total. The standard InChI is InChI=1S/C36H41N5O6/c1-35(2,3)47-34(45)40(4)19-24-8-5-6-9-25(24)20-41(32(43)26-13-15-46-22-26)21-30(42)38-28-12-11-23-17-36(18-27(23)16-28)29-10-7-14-37-31(29)39-33(36)44/h5-12,14,16,26H,13,15,17-22H2,1-4H3,(H,38,42)(H,37,39,44). The van der Waals surface area contributed by atoms with Gasteiger partial charge in [-0.1, -0.05) is 36.4 Å². The maximum Gasteiger partial charge on any atom is 0.410 e. The van der Waals surface area contributed by atoms with Gasteiger partial charge in [-0.15, -0.1) is 0 Å². The highest BCUT2D eigenvalue weighted by Crippen LogP contribution is 2.47. The quantitative estimate of drug-likeness (QED) is 0.373. The van der Waals surface area contributed by atoms with Gasteiger partial charge in [-0.3, -0.25) is 14.4 Å². The molecule has 1 aromatic heterocycles. The number of anilines is 2. The van der Waals surface area contributed by atoms with E-state index in [0.717, 1.165) is 27.8 Å². The second-order valence-corrected chi connectivity index (χ2v) is 13.7. The highest BCUT2D eigenvalue weighted by atomic mass is 16.6. The minimum Gasteiger partial charge on any atom is -0.444 e. The molecule has 1 fully saturated rings. The average Bonchev–Trinajstić information content (AvgIpc) is 3.75. The molecule has 0 radical (unpaired) electrons. The summed E-state index contributed by atoms with van der Waals surface area (Å²) in [5, 5.41) is 5.90. The average molecular weight is 640 g/mol. The third-order valence-corrected chi connectivity index (χ3v) is 8.98. The Bertz CT molecular complexity index is 1710. The number of amides is 4. The van der Waals surface area contributed by atoms with Gasteiger partial charge in [-0.05, 0) is 80.5 Å². The molecule has 3 aliphatic rings. The van der Waals surface area contributed by atoms with Crippen molar-refractivity contribution in [3.05, 3.63) is 88.6 Å². The molecule has 0 saturated carbocycles. The molecule has 47 heavy (non-hydrogen) atoms. The Hall–Kier alpha value is -4.77. The molecule has 1 saturated heterocycles. The molecular weight excluding hydrogens is 598 g/mol. The van der Waals surface area contributed by atoms with Crippen LogP contribution in [0.1, 0.15) is 55.0 Å². The normalized spacial score (nSPS) is 19.6. The van der Waals surface area contributed by atoms with Crippen LogP contribution in [0.25, 0.3) is 0 Å². The zero-order valence-electron chi connectivity index (χ0n) is 27.3. The van der Waals surface area contributed by atoms with Gasteiger partial charge in [-0.25, -0.2) is 9.78 Å². The third kappa shape index (κ3) is 6.85. The highest BCUT2D eigenvalue weighted by Gasteiger charge is 2.51. The van der Waals surface area contributed by atoms with E-state index < -0.39 is 17.1 Å². The molecular formula is C36H41N5O6. The van der Waals surface area contributed by atoms with E-state index >= 15 is 0 Å². The van der Waals surface area contributed by atoms with Crippen LogP contribution in [0, 0.1) is 5.92 Å². The molecule has 246 valence electrons. The number of hydrogen-bond acceptors (Lipinski definition) is 7. The molecule has 2 atom stereocenters. The smallest absolute Gasteiger partial charge is 0.410 e. The minimum atomic E-state index is -0.702. The first kappa shape index (κ1) is 32.2. The van der Waals surface area contributed by atoms with Crippen molar-refractivity contribution in [2.24, 2.45) is 5.92 Å². The van der Waals surface area contributed by atoms with Crippen molar-refractivity contribution in [2.45, 2.75) is 64.1 Å². The second kappa shape index (κ2) is 12.8. The molecule has 6 rings (SSSR count). The number of carbonyl (C=O) groups excluding carboxylic acids is 4. The van der Waals surface area contributed by atoms with Crippen LogP contribution in [0.5, 0.6) is 0 Å². The Kier molecular flexibility index (Phi) is 8.76. The molecule has 1 aliphatic carbocycles. The lowest BCUT2D eigenvalue weighted by molar-refractivity contribution is -0.139. The first-order chi connectivity index (χ1) is 22.4. The van der Waals surface area contributed by atoms with E-state index in [4.69, 9.17) is 9.47 Å². The number of carbonyl (C=O) groups is 4. The fraction of sp³-hybridized carbons (Fsp3) is 0.417. The maximum absolute atomic E-state index is 13.7. The van der Waals surface area contributed by atoms with Gasteiger partial charge in [0.25, 0.3) is 0 Å². The van der Waals surface area contributed by atoms with Crippen LogP contribution in [-0.2, 0) is 55.2 Å². The summed E-state index contributed by atoms with van der Waals surface area (Å²) in [5.41, 5.74) is 3.90. The molecule has 0 bridgehead atoms. The molecule has 2 unspecified atom stereocenters. The summed E-state index contributed by atoms with van der Waals surface area (Å²) in [6.45, 7) is 6.58. The van der Waals surface area contributed by atoms with Crippen LogP contribution < -0.4 is 10.6 Å². The lowest BCUT2D eigenvalue weighted by atomic mass is 9.79. The zero-order chi connectivity index (χ0) is 33.3. The second-order valence-electron chi connectivity index (χ2n) is 13.7. The first-order valence-corrected chi connectivity index (χ1v) is 16.0. The Labute approximate surface area is 274 Å². The number of aromatic nitrogens is 1. The van der Waals surface area contributed by atoms with Crippen LogP contribution in [0.15, 0.2) is 60.8 Å². The maximum atomic E-state index is 13.7. The summed E-state index contributed by atoms with van der Waals surface area (Å²) < 4.78 is 11.0. The third-order valence-electron chi connectivity index (χ3n) is 8.98. The van der Waals surface area contributed by atoms with Crippen LogP contribution >= 0.6 is 0 Å². The van der Waals surface area contributed by atoms with E-state index in [-0.39, 0.29) is 43.3 Å². The van der Waals surface area contributed by atoms with Crippen molar-refractivity contribution in [2.75, 3.05) is 37.4 Å². The number of nitrogens with one attached hydrogen (secondary N) is 2. The monoisotopic (exact) mass is 639 g/mol. The molecule has 11 heteroatoms. The first-order valence-electron chi connectivity index (χ1n) is 16.0. The number of pyridine rings is 1. The fourth-order valence-corrected chi connectivity index (χ4v) is 6.65. The lowest BCUT2D eigenvalue weighted by Crippen LogP contribution is -2.41. The van der Waals surface area contributed by atoms with E-state index in [1.54, 1.807) is 18.1 Å². The largest absolute Gasteiger partial charge is 0.444 e. The number of fused-ring (bicyclic) bond motifs is 3. The Morgan fingerprint density at radius 1 is 1.04 bits per heavy atom. The van der Waals surface area contributed by atoms with Crippen LogP contribution in [0.4, 0.5) is 16.3 Å². The Morgan fingerprint density at radius 3 is 2.51 bits per heavy atom. The summed E-state index contributed by atoms with van der Waals surface area (Å²) in [4.78, 5) is 60.4. The number of ether oxygens (including phenoxy) is 2. The predicted molar refractivity (Wildman–Crippen MR) is 176 cm³/mol. The number of benzene rings is 2. The van der Waals surface area contributed by atoms with E-state index in [2.05, 4.69) is 15.6 Å². The fourth-order valence-electron chi connectivity index (χ4n) is 6.65. The summed E-state index contributed by atoms with van der Waals surface area (Å²) in [6, 6.07) is 17.1. The van der Waals surface area contributed by atoms with E-state index in [0.29, 0.717) is 44.0 Å². The van der Waals surface area contributed by atoms with Gasteiger partial charge in [0.1, 0.15) is 18.0 Å². The van der Waals surface area contributed by atoms with Gasteiger partial charge in [0.15, 0.2) is 0 Å². The van der Waals surface area contributed by atoms with Crippen LogP contribution in [-0.4, -0.2) is 71.0 Å². The lowest BCUT2D eigenvalue weighted by Gasteiger charge is -2.28. The molecule has 2 N–H and O–H groups in total. The van der Waals surface area contributed by atoms with Gasteiger partial charge in [0.2, 0.25) is 17.7 Å². The Morgan fingerprint density at radius 2 is 1.79 bits per heavy atom. The number of nitrogens with zero attached hydrogens (tertiary/aromatic N) is 3. The van der Waals surface area contributed by atoms with Crippen LogP contribution in [0.2, 0.25) is 0 Å². The summed E-state index contributed by atoms with van der Waals surface area (Å²) in [5.74, 6) is -0.264. The van der Waals surface area contributed by atoms with Crippen molar-refractivity contribution in [3.63, 3.8) is 0 Å². The van der Waals surface area contributed by atoms with Crippen molar-refractivity contribution in [3.8, 4) is 0 Å². The van der Waals surface area contributed by atoms with Gasteiger partial charge < -0.3 is 29.9 Å². The highest BCUT2D eigenvalue weighted by molar-refractivity contribution is 6.06. The summed E-state index contributed by atoms with van der Waals surface area (Å²) in [6.07, 6.45) is 2.89. The van der Waals surface area contributed by atoms with Gasteiger partial charge in [0.05, 0.1) is 17.9 Å². The van der Waals surface area contributed by atoms with E-state index in [9.17, 15) is 19.2 Å². The summed E-state index contributed by atoms with van der Waals surface area (Å²) >= 11 is 0. The molecule has 4 amide bonds. The molecule has 2 aliphatic heterocycles. The van der Waals surface area contributed by atoms with Crippen molar-refractivity contribution >= 4 is 35.3 Å². The van der Waals surface area contributed by atoms with Crippen molar-refractivity contribution in [1.29, 1.82) is 0 Å². The van der Waals surface area contributed by atoms with Gasteiger partial charge in [0, 0.05) is 44.2 Å². The van der Waals surface area contributed by atoms with Gasteiger partial charge in [-0.2, -0.15) is 0 Å². The van der Waals surface area contributed by atoms with Gasteiger partial charge >= 0.3 is 6.09 Å². The zero-order valence-corrected chi connectivity index (χ0v) is 27.3. The number of hydrogen-bond donors (Lipinski definition) is 2. The molecule has 3 aromatic rings. The molecule has 2 aromatic carbocycles.